The topological polar surface area (TPSA) is 203 Å². The highest BCUT2D eigenvalue weighted by molar-refractivity contribution is 6.01. The minimum atomic E-state index is -1.06. The molecule has 0 radical (unpaired) electrons. The molecule has 8 rings (SSSR count). The van der Waals surface area contributed by atoms with E-state index in [4.69, 9.17) is 33.2 Å². The molecule has 2 fully saturated rings. The smallest absolute Gasteiger partial charge is 0.415 e. The van der Waals surface area contributed by atoms with Crippen molar-refractivity contribution in [1.82, 2.24) is 19.6 Å². The summed E-state index contributed by atoms with van der Waals surface area (Å²) < 4.78 is 42.0. The molecule has 5 atom stereocenters. The number of fused-ring (bicyclic) bond motifs is 6. The fourth-order valence-electron chi connectivity index (χ4n) is 11.3. The number of carbonyl (C=O) groups is 5. The lowest BCUT2D eigenvalue weighted by atomic mass is 9.84. The van der Waals surface area contributed by atoms with Gasteiger partial charge in [0.1, 0.15) is 34.2 Å². The highest BCUT2D eigenvalue weighted by atomic mass is 16.6. The van der Waals surface area contributed by atoms with Crippen molar-refractivity contribution in [3.8, 4) is 23.0 Å². The number of rotatable bonds is 23. The van der Waals surface area contributed by atoms with Gasteiger partial charge in [-0.25, -0.2) is 9.59 Å². The van der Waals surface area contributed by atoms with Crippen molar-refractivity contribution in [2.24, 2.45) is 0 Å². The number of aliphatic hydroxyl groups excluding tert-OH is 2. The van der Waals surface area contributed by atoms with Gasteiger partial charge in [-0.3, -0.25) is 19.3 Å². The van der Waals surface area contributed by atoms with Gasteiger partial charge in [-0.2, -0.15) is 0 Å². The molecular formula is C61H82N4O14. The van der Waals surface area contributed by atoms with Crippen molar-refractivity contribution in [2.45, 2.75) is 187 Å². The zero-order valence-corrected chi connectivity index (χ0v) is 47.9. The van der Waals surface area contributed by atoms with Crippen LogP contribution in [-0.4, -0.2) is 149 Å². The summed E-state index contributed by atoms with van der Waals surface area (Å²) in [6.07, 6.45) is 11.0. The first-order chi connectivity index (χ1) is 37.6. The highest BCUT2D eigenvalue weighted by Crippen LogP contribution is 2.49. The lowest BCUT2D eigenvalue weighted by molar-refractivity contribution is -0.141. The minimum absolute atomic E-state index is 0.00108. The van der Waals surface area contributed by atoms with Crippen LogP contribution < -0.4 is 18.9 Å². The van der Waals surface area contributed by atoms with E-state index in [0.29, 0.717) is 104 Å². The Labute approximate surface area is 465 Å². The zero-order valence-electron chi connectivity index (χ0n) is 47.9. The van der Waals surface area contributed by atoms with Crippen LogP contribution in [0.4, 0.5) is 9.59 Å². The van der Waals surface area contributed by atoms with Crippen LogP contribution in [0, 0.1) is 0 Å². The Morgan fingerprint density at radius 3 is 1.57 bits per heavy atom. The van der Waals surface area contributed by atoms with Crippen LogP contribution in [0.2, 0.25) is 0 Å². The van der Waals surface area contributed by atoms with Crippen molar-refractivity contribution in [1.29, 1.82) is 0 Å². The standard InChI is InChI=1S/C61H82N4O14/c1-37(2)16-11-18-39(5)20-13-23-60(7)51(67)28-45-49(76-58(71)63-30-41(31-63)73-9)26-43-47(54(45)78-60)34-62(56(43)69)25-15-22-53(75-36-66)65-35-48-44(57(65)70)27-50(77-59(72)64-32-42(33-64)74-10)46-29-52(68)61(8,79-55(46)48)24-14-21-40(6)19-12-17-38(3)4/h16-17,20-21,26-27,36,41-42,51-53,67-68H,11-15,18-19,22-25,28-35H2,1-10H3/b39-20+,40-21+/t51-,52-,53+,60+,61+/m0/s1. The van der Waals surface area contributed by atoms with Gasteiger partial charge in [0.25, 0.3) is 18.3 Å². The average molecular weight is 1100 g/mol. The average Bonchev–Trinajstić information content (AvgIpc) is 3.97. The zero-order chi connectivity index (χ0) is 56.9. The molecule has 2 aromatic carbocycles. The molecule has 6 aliphatic rings. The van der Waals surface area contributed by atoms with Crippen molar-refractivity contribution < 1.29 is 67.3 Å². The summed E-state index contributed by atoms with van der Waals surface area (Å²) in [7, 11) is 3.16. The molecule has 2 saturated heterocycles. The monoisotopic (exact) mass is 1090 g/mol. The molecule has 2 N–H and O–H groups in total. The number of amides is 4. The van der Waals surface area contributed by atoms with E-state index in [-0.39, 0.29) is 74.1 Å². The number of carbonyl (C=O) groups excluding carboxylic acids is 5. The summed E-state index contributed by atoms with van der Waals surface area (Å²) in [4.78, 5) is 74.3. The predicted octanol–water partition coefficient (Wildman–Crippen LogP) is 9.29. The van der Waals surface area contributed by atoms with E-state index in [1.165, 1.54) is 43.1 Å². The molecule has 0 aliphatic carbocycles. The van der Waals surface area contributed by atoms with Crippen LogP contribution in [0.25, 0.3) is 0 Å². The number of hydrogen-bond acceptors (Lipinski definition) is 14. The first kappa shape index (κ1) is 58.9. The van der Waals surface area contributed by atoms with E-state index < -0.39 is 47.7 Å². The fraction of sp³-hybridized carbons (Fsp3) is 0.590. The molecule has 0 aromatic heterocycles. The summed E-state index contributed by atoms with van der Waals surface area (Å²) in [6.45, 7) is 18.3. The second kappa shape index (κ2) is 25.1. The SMILES string of the molecule is COC1CN(C(=O)Oc2cc3c(c4c2C[C@H](O)[C@@](C)(CC/C=C(\C)CCC=C(C)C)O4)CN(CCC[C@@H](OC=O)N2Cc4c(cc(OC(=O)N5CC(OC)C5)c5c4O[C@](C)(CC/C=C(\C)CCC=C(C)C)[C@@H](O)C5)C2=O)C3=O)C1. The molecule has 4 amide bonds. The Morgan fingerprint density at radius 1 is 0.671 bits per heavy atom. The summed E-state index contributed by atoms with van der Waals surface area (Å²) in [5, 5.41) is 23.5. The third kappa shape index (κ3) is 13.2. The van der Waals surface area contributed by atoms with Gasteiger partial charge < -0.3 is 58.1 Å². The highest BCUT2D eigenvalue weighted by Gasteiger charge is 2.48. The van der Waals surface area contributed by atoms with Crippen molar-refractivity contribution in [3.05, 3.63) is 92.1 Å². The molecule has 430 valence electrons. The molecule has 18 heteroatoms. The van der Waals surface area contributed by atoms with Gasteiger partial charge in [-0.05, 0) is 125 Å². The van der Waals surface area contributed by atoms with Gasteiger partial charge in [0.15, 0.2) is 6.23 Å². The number of methoxy groups -OCH3 is 2. The predicted molar refractivity (Wildman–Crippen MR) is 295 cm³/mol. The third-order valence-corrected chi connectivity index (χ3v) is 16.6. The second-order valence-corrected chi connectivity index (χ2v) is 23.3. The van der Waals surface area contributed by atoms with Crippen LogP contribution in [0.1, 0.15) is 163 Å². The van der Waals surface area contributed by atoms with Crippen LogP contribution in [-0.2, 0) is 44.9 Å². The second-order valence-electron chi connectivity index (χ2n) is 23.3. The Bertz CT molecular complexity index is 2770. The maximum Gasteiger partial charge on any atom is 0.415 e. The summed E-state index contributed by atoms with van der Waals surface area (Å²) in [5.74, 6) is 0.227. The summed E-state index contributed by atoms with van der Waals surface area (Å²) in [6, 6.07) is 3.08. The Kier molecular flexibility index (Phi) is 18.7. The van der Waals surface area contributed by atoms with Gasteiger partial charge >= 0.3 is 12.2 Å². The molecule has 6 aliphatic heterocycles. The van der Waals surface area contributed by atoms with Gasteiger partial charge in [-0.1, -0.05) is 46.6 Å². The lowest BCUT2D eigenvalue weighted by Gasteiger charge is -2.41. The van der Waals surface area contributed by atoms with Crippen LogP contribution in [0.5, 0.6) is 23.0 Å². The van der Waals surface area contributed by atoms with E-state index in [1.54, 1.807) is 25.2 Å². The third-order valence-electron chi connectivity index (χ3n) is 16.6. The number of hydrogen-bond donors (Lipinski definition) is 2. The molecular weight excluding hydrogens is 1010 g/mol. The van der Waals surface area contributed by atoms with E-state index >= 15 is 0 Å². The number of ether oxygens (including phenoxy) is 7. The summed E-state index contributed by atoms with van der Waals surface area (Å²) in [5.41, 5.74) is 5.58. The Balaban J connectivity index is 1.000. The molecule has 0 spiro atoms. The molecule has 0 unspecified atom stereocenters. The van der Waals surface area contributed by atoms with E-state index in [2.05, 4.69) is 65.8 Å². The number of likely N-dealkylation sites (tertiary alicyclic amines) is 2. The molecule has 79 heavy (non-hydrogen) atoms. The molecule has 2 aromatic rings. The van der Waals surface area contributed by atoms with Gasteiger partial charge in [0.05, 0.1) is 74.8 Å². The quantitative estimate of drug-likeness (QED) is 0.0787. The number of aliphatic hydroxyl groups is 2. The maximum atomic E-state index is 14.6. The number of benzene rings is 2. The van der Waals surface area contributed by atoms with Crippen molar-refractivity contribution in [3.63, 3.8) is 0 Å². The normalized spacial score (nSPS) is 23.1. The van der Waals surface area contributed by atoms with Gasteiger partial charge in [-0.15, -0.1) is 0 Å². The van der Waals surface area contributed by atoms with Gasteiger partial charge in [0.2, 0.25) is 0 Å². The van der Waals surface area contributed by atoms with Crippen LogP contribution in [0.3, 0.4) is 0 Å². The van der Waals surface area contributed by atoms with E-state index in [1.807, 2.05) is 13.8 Å². The molecule has 0 saturated carbocycles. The maximum absolute atomic E-state index is 14.6. The van der Waals surface area contributed by atoms with Crippen LogP contribution in [0.15, 0.2) is 58.7 Å². The van der Waals surface area contributed by atoms with Crippen LogP contribution >= 0.6 is 0 Å². The first-order valence-electron chi connectivity index (χ1n) is 28.0. The largest absolute Gasteiger partial charge is 0.484 e. The molecule has 6 heterocycles. The fourth-order valence-corrected chi connectivity index (χ4v) is 11.3. The van der Waals surface area contributed by atoms with E-state index in [9.17, 15) is 34.2 Å². The van der Waals surface area contributed by atoms with Crippen molar-refractivity contribution in [2.75, 3.05) is 46.9 Å². The summed E-state index contributed by atoms with van der Waals surface area (Å²) >= 11 is 0. The Morgan fingerprint density at radius 2 is 1.13 bits per heavy atom. The lowest BCUT2D eigenvalue weighted by Crippen LogP contribution is -2.55. The van der Waals surface area contributed by atoms with E-state index in [0.717, 1.165) is 25.7 Å². The Hall–Kier alpha value is -6.21. The first-order valence-corrected chi connectivity index (χ1v) is 28.0. The molecule has 18 nitrogen and oxygen atoms in total. The number of nitrogens with zero attached hydrogens (tertiary/aromatic N) is 4. The van der Waals surface area contributed by atoms with Gasteiger partial charge in [0, 0.05) is 62.3 Å². The molecule has 0 bridgehead atoms. The van der Waals surface area contributed by atoms with Crippen molar-refractivity contribution >= 4 is 30.5 Å². The number of allylic oxidation sites excluding steroid dienone is 8. The minimum Gasteiger partial charge on any atom is -0.484 e.